The summed E-state index contributed by atoms with van der Waals surface area (Å²) in [6, 6.07) is 1.85. The average molecular weight is 283 g/mol. The number of piperidine rings is 1. The van der Waals surface area contributed by atoms with Gasteiger partial charge in [0.15, 0.2) is 0 Å². The van der Waals surface area contributed by atoms with Gasteiger partial charge in [-0.05, 0) is 35.8 Å². The van der Waals surface area contributed by atoms with Crippen molar-refractivity contribution in [1.29, 1.82) is 0 Å². The number of carbonyl (C=O) groups is 1. The van der Waals surface area contributed by atoms with Crippen molar-refractivity contribution in [3.63, 3.8) is 0 Å². The van der Waals surface area contributed by atoms with E-state index in [9.17, 15) is 9.90 Å². The predicted octanol–water partition coefficient (Wildman–Crippen LogP) is 2.13. The number of hydrogen-bond acceptors (Lipinski definition) is 4. The zero-order chi connectivity index (χ0) is 13.8. The average Bonchev–Trinajstić information content (AvgIpc) is 2.87. The van der Waals surface area contributed by atoms with Crippen LogP contribution >= 0.6 is 11.3 Å². The fourth-order valence-electron chi connectivity index (χ4n) is 2.56. The third-order valence-corrected chi connectivity index (χ3v) is 4.59. The monoisotopic (exact) mass is 283 g/mol. The number of hydrogen-bond donors (Lipinski definition) is 1. The van der Waals surface area contributed by atoms with E-state index in [0.29, 0.717) is 12.5 Å². The summed E-state index contributed by atoms with van der Waals surface area (Å²) >= 11 is 1.45. The molecule has 0 aliphatic carbocycles. The van der Waals surface area contributed by atoms with Gasteiger partial charge in [-0.25, -0.2) is 0 Å². The molecule has 2 heterocycles. The summed E-state index contributed by atoms with van der Waals surface area (Å²) in [5, 5.41) is 11.4. The lowest BCUT2D eigenvalue weighted by Gasteiger charge is -2.37. The lowest BCUT2D eigenvalue weighted by molar-refractivity contribution is 0.0435. The van der Waals surface area contributed by atoms with Crippen LogP contribution in [-0.4, -0.2) is 42.2 Å². The third kappa shape index (κ3) is 3.35. The Morgan fingerprint density at radius 2 is 2.42 bits per heavy atom. The van der Waals surface area contributed by atoms with E-state index in [1.54, 1.807) is 7.11 Å². The van der Waals surface area contributed by atoms with Crippen LogP contribution in [0.3, 0.4) is 0 Å². The maximum absolute atomic E-state index is 12.5. The zero-order valence-corrected chi connectivity index (χ0v) is 12.3. The van der Waals surface area contributed by atoms with Crippen molar-refractivity contribution in [3.8, 4) is 0 Å². The molecule has 0 saturated carbocycles. The number of amides is 1. The Balaban J connectivity index is 2.08. The van der Waals surface area contributed by atoms with E-state index < -0.39 is 0 Å². The first-order valence-corrected chi connectivity index (χ1v) is 7.51. The first-order chi connectivity index (χ1) is 9.15. The summed E-state index contributed by atoms with van der Waals surface area (Å²) in [5.41, 5.74) is 1.03. The van der Waals surface area contributed by atoms with Crippen LogP contribution in [0.5, 0.6) is 0 Å². The molecule has 1 saturated heterocycles. The normalized spacial score (nSPS) is 23.6. The molecule has 4 nitrogen and oxygen atoms in total. The second-order valence-electron chi connectivity index (χ2n) is 5.22. The van der Waals surface area contributed by atoms with Gasteiger partial charge in [-0.3, -0.25) is 4.79 Å². The van der Waals surface area contributed by atoms with Gasteiger partial charge < -0.3 is 14.7 Å². The van der Waals surface area contributed by atoms with Gasteiger partial charge in [-0.15, -0.1) is 11.3 Å². The Hall–Kier alpha value is -0.910. The van der Waals surface area contributed by atoms with Crippen molar-refractivity contribution in [2.75, 3.05) is 20.3 Å². The molecule has 19 heavy (non-hydrogen) atoms. The van der Waals surface area contributed by atoms with Gasteiger partial charge >= 0.3 is 0 Å². The summed E-state index contributed by atoms with van der Waals surface area (Å²) in [5.74, 6) is 0.617. The Labute approximate surface area is 118 Å². The molecule has 2 rings (SSSR count). The van der Waals surface area contributed by atoms with Crippen LogP contribution < -0.4 is 0 Å². The number of aliphatic hydroxyl groups excluding tert-OH is 1. The minimum Gasteiger partial charge on any atom is -0.394 e. The van der Waals surface area contributed by atoms with E-state index in [-0.39, 0.29) is 18.6 Å². The molecule has 1 aliphatic heterocycles. The highest BCUT2D eigenvalue weighted by atomic mass is 32.1. The number of ether oxygens (including phenoxy) is 1. The highest BCUT2D eigenvalue weighted by molar-refractivity contribution is 7.12. The summed E-state index contributed by atoms with van der Waals surface area (Å²) in [7, 11) is 1.65. The second kappa shape index (κ2) is 6.50. The molecule has 0 aromatic carbocycles. The fraction of sp³-hybridized carbons (Fsp3) is 0.643. The van der Waals surface area contributed by atoms with Crippen LogP contribution in [0, 0.1) is 5.92 Å². The lowest BCUT2D eigenvalue weighted by Crippen LogP contribution is -2.47. The SMILES string of the molecule is COCc1csc(C(=O)N2CC[C@@H](C)C[C@H]2CO)c1. The molecule has 1 aliphatic rings. The molecule has 2 atom stereocenters. The second-order valence-corrected chi connectivity index (χ2v) is 6.13. The Morgan fingerprint density at radius 1 is 1.63 bits per heavy atom. The highest BCUT2D eigenvalue weighted by Gasteiger charge is 2.30. The van der Waals surface area contributed by atoms with Crippen LogP contribution in [0.2, 0.25) is 0 Å². The van der Waals surface area contributed by atoms with E-state index in [1.165, 1.54) is 11.3 Å². The molecular formula is C14H21NO3S. The summed E-state index contributed by atoms with van der Waals surface area (Å²) < 4.78 is 5.06. The molecular weight excluding hydrogens is 262 g/mol. The van der Waals surface area contributed by atoms with E-state index >= 15 is 0 Å². The van der Waals surface area contributed by atoms with Gasteiger partial charge in [0, 0.05) is 13.7 Å². The van der Waals surface area contributed by atoms with E-state index in [4.69, 9.17) is 4.74 Å². The van der Waals surface area contributed by atoms with Crippen molar-refractivity contribution in [3.05, 3.63) is 21.9 Å². The van der Waals surface area contributed by atoms with Gasteiger partial charge in [0.25, 0.3) is 5.91 Å². The minimum atomic E-state index is -0.0378. The van der Waals surface area contributed by atoms with Crippen LogP contribution in [0.15, 0.2) is 11.4 Å². The smallest absolute Gasteiger partial charge is 0.264 e. The lowest BCUT2D eigenvalue weighted by atomic mass is 9.92. The maximum atomic E-state index is 12.5. The first-order valence-electron chi connectivity index (χ1n) is 6.64. The van der Waals surface area contributed by atoms with E-state index in [1.807, 2.05) is 16.3 Å². The molecule has 5 heteroatoms. The van der Waals surface area contributed by atoms with Crippen LogP contribution in [0.25, 0.3) is 0 Å². The van der Waals surface area contributed by atoms with E-state index in [2.05, 4.69) is 6.92 Å². The molecule has 1 aromatic heterocycles. The standard InChI is InChI=1S/C14H21NO3S/c1-10-3-4-15(12(5-10)7-16)14(17)13-6-11(8-18-2)9-19-13/h6,9-10,12,16H,3-5,7-8H2,1-2H3/t10-,12+/m1/s1. The van der Waals surface area contributed by atoms with Crippen LogP contribution in [0.4, 0.5) is 0 Å². The molecule has 106 valence electrons. The molecule has 1 aromatic rings. The largest absolute Gasteiger partial charge is 0.394 e. The number of nitrogens with zero attached hydrogens (tertiary/aromatic N) is 1. The molecule has 1 amide bonds. The fourth-order valence-corrected chi connectivity index (χ4v) is 3.42. The molecule has 1 fully saturated rings. The van der Waals surface area contributed by atoms with Crippen molar-refractivity contribution < 1.29 is 14.6 Å². The number of rotatable bonds is 4. The zero-order valence-electron chi connectivity index (χ0n) is 11.5. The highest BCUT2D eigenvalue weighted by Crippen LogP contribution is 2.26. The number of likely N-dealkylation sites (tertiary alicyclic amines) is 1. The topological polar surface area (TPSA) is 49.8 Å². The molecule has 0 radical (unpaired) electrons. The van der Waals surface area contributed by atoms with Crippen LogP contribution in [0.1, 0.15) is 35.0 Å². The van der Waals surface area contributed by atoms with E-state index in [0.717, 1.165) is 29.8 Å². The van der Waals surface area contributed by atoms with Crippen molar-refractivity contribution in [2.45, 2.75) is 32.4 Å². The molecule has 0 spiro atoms. The number of thiophene rings is 1. The minimum absolute atomic E-state index is 0.0378. The number of carbonyl (C=O) groups excluding carboxylic acids is 1. The van der Waals surface area contributed by atoms with Crippen molar-refractivity contribution >= 4 is 17.2 Å². The van der Waals surface area contributed by atoms with Gasteiger partial charge in [0.2, 0.25) is 0 Å². The molecule has 1 N–H and O–H groups in total. The summed E-state index contributed by atoms with van der Waals surface area (Å²) in [6.07, 6.45) is 1.90. The van der Waals surface area contributed by atoms with Gasteiger partial charge in [0.1, 0.15) is 0 Å². The predicted molar refractivity (Wildman–Crippen MR) is 75.3 cm³/mol. The number of methoxy groups -OCH3 is 1. The Morgan fingerprint density at radius 3 is 3.11 bits per heavy atom. The van der Waals surface area contributed by atoms with Gasteiger partial charge in [0.05, 0.1) is 24.1 Å². The van der Waals surface area contributed by atoms with Crippen molar-refractivity contribution in [1.82, 2.24) is 4.90 Å². The number of aliphatic hydroxyl groups is 1. The molecule has 0 bridgehead atoms. The summed E-state index contributed by atoms with van der Waals surface area (Å²) in [4.78, 5) is 15.0. The summed E-state index contributed by atoms with van der Waals surface area (Å²) in [6.45, 7) is 3.49. The Bertz CT molecular complexity index is 432. The Kier molecular flexibility index (Phi) is 4.96. The first kappa shape index (κ1) is 14.5. The molecule has 0 unspecified atom stereocenters. The van der Waals surface area contributed by atoms with Crippen LogP contribution in [-0.2, 0) is 11.3 Å². The van der Waals surface area contributed by atoms with Gasteiger partial charge in [-0.2, -0.15) is 0 Å². The van der Waals surface area contributed by atoms with Gasteiger partial charge in [-0.1, -0.05) is 6.92 Å². The van der Waals surface area contributed by atoms with Crippen molar-refractivity contribution in [2.24, 2.45) is 5.92 Å². The third-order valence-electron chi connectivity index (χ3n) is 3.63. The maximum Gasteiger partial charge on any atom is 0.264 e. The quantitative estimate of drug-likeness (QED) is 0.921.